The van der Waals surface area contributed by atoms with Crippen molar-refractivity contribution in [2.24, 2.45) is 0 Å². The van der Waals surface area contributed by atoms with Crippen LogP contribution in [0, 0.1) is 0 Å². The summed E-state index contributed by atoms with van der Waals surface area (Å²) in [4.78, 5) is 4.65. The van der Waals surface area contributed by atoms with Crippen LogP contribution in [-0.4, -0.2) is 4.98 Å². The maximum absolute atomic E-state index is 6.15. The molecule has 3 aromatic carbocycles. The number of rotatable bonds is 1. The van der Waals surface area contributed by atoms with E-state index in [1.807, 2.05) is 42.5 Å². The molecule has 2 aromatic heterocycles. The predicted octanol–water partition coefficient (Wildman–Crippen LogP) is 6.52. The zero-order chi connectivity index (χ0) is 15.4. The summed E-state index contributed by atoms with van der Waals surface area (Å²) in [6, 6.07) is 20.1. The van der Waals surface area contributed by atoms with Crippen molar-refractivity contribution in [1.29, 1.82) is 0 Å². The highest BCUT2D eigenvalue weighted by molar-refractivity contribution is 7.25. The molecule has 0 saturated heterocycles. The number of hydrogen-bond donors (Lipinski definition) is 0. The Morgan fingerprint density at radius 2 is 1.70 bits per heavy atom. The van der Waals surface area contributed by atoms with Gasteiger partial charge in [0, 0.05) is 36.8 Å². The molecule has 0 unspecified atom stereocenters. The third-order valence-electron chi connectivity index (χ3n) is 3.96. The Morgan fingerprint density at radius 1 is 0.870 bits per heavy atom. The van der Waals surface area contributed by atoms with Gasteiger partial charge in [0.1, 0.15) is 5.52 Å². The average Bonchev–Trinajstić information content (AvgIpc) is 3.14. The molecule has 23 heavy (non-hydrogen) atoms. The Kier molecular flexibility index (Phi) is 2.75. The van der Waals surface area contributed by atoms with Gasteiger partial charge in [0.25, 0.3) is 0 Å². The zero-order valence-corrected chi connectivity index (χ0v) is 13.5. The highest BCUT2D eigenvalue weighted by Gasteiger charge is 2.12. The molecule has 4 heteroatoms. The number of aromatic nitrogens is 1. The molecule has 0 saturated carbocycles. The molecule has 110 valence electrons. The number of fused-ring (bicyclic) bond motifs is 4. The highest BCUT2D eigenvalue weighted by atomic mass is 35.5. The van der Waals surface area contributed by atoms with Crippen LogP contribution in [0.15, 0.2) is 65.1 Å². The van der Waals surface area contributed by atoms with Crippen LogP contribution in [0.1, 0.15) is 0 Å². The minimum atomic E-state index is 0.653. The van der Waals surface area contributed by atoms with Crippen LogP contribution in [0.5, 0.6) is 0 Å². The summed E-state index contributed by atoms with van der Waals surface area (Å²) in [6.07, 6.45) is 0. The second kappa shape index (κ2) is 4.82. The van der Waals surface area contributed by atoms with E-state index in [0.29, 0.717) is 5.89 Å². The van der Waals surface area contributed by atoms with Gasteiger partial charge in [0.15, 0.2) is 5.58 Å². The summed E-state index contributed by atoms with van der Waals surface area (Å²) in [6.45, 7) is 0. The van der Waals surface area contributed by atoms with Crippen LogP contribution in [0.3, 0.4) is 0 Å². The third-order valence-corrected chi connectivity index (χ3v) is 5.33. The second-order valence-corrected chi connectivity index (χ2v) is 6.96. The molecule has 0 aliphatic heterocycles. The Hall–Kier alpha value is -2.36. The molecule has 0 atom stereocenters. The minimum absolute atomic E-state index is 0.653. The molecular weight excluding hydrogens is 326 g/mol. The fourth-order valence-electron chi connectivity index (χ4n) is 2.87. The molecular formula is C19H10ClNOS. The van der Waals surface area contributed by atoms with Crippen LogP contribution in [-0.2, 0) is 0 Å². The Bertz CT molecular complexity index is 1170. The van der Waals surface area contributed by atoms with Gasteiger partial charge in [-0.3, -0.25) is 0 Å². The molecule has 2 nitrogen and oxygen atoms in total. The first-order valence-electron chi connectivity index (χ1n) is 7.26. The number of benzene rings is 3. The number of oxazole rings is 1. The van der Waals surface area contributed by atoms with Crippen molar-refractivity contribution in [3.8, 4) is 11.5 Å². The van der Waals surface area contributed by atoms with E-state index >= 15 is 0 Å². The Morgan fingerprint density at radius 3 is 2.57 bits per heavy atom. The first-order chi connectivity index (χ1) is 11.3. The number of halogens is 1. The average molecular weight is 336 g/mol. The van der Waals surface area contributed by atoms with E-state index < -0.39 is 0 Å². The maximum atomic E-state index is 6.15. The van der Waals surface area contributed by atoms with Crippen molar-refractivity contribution in [1.82, 2.24) is 4.98 Å². The molecule has 2 heterocycles. The molecule has 0 fully saturated rings. The SMILES string of the molecule is Clc1ccc2sc3cc4oc(-c5ccccc5)nc4cc3c2c1. The predicted molar refractivity (Wildman–Crippen MR) is 97.3 cm³/mol. The lowest BCUT2D eigenvalue weighted by molar-refractivity contribution is 0.620. The van der Waals surface area contributed by atoms with E-state index in [4.69, 9.17) is 16.0 Å². The number of nitrogens with zero attached hydrogens (tertiary/aromatic N) is 1. The van der Waals surface area contributed by atoms with Crippen molar-refractivity contribution in [2.45, 2.75) is 0 Å². The van der Waals surface area contributed by atoms with Crippen LogP contribution >= 0.6 is 22.9 Å². The summed E-state index contributed by atoms with van der Waals surface area (Å²) in [7, 11) is 0. The second-order valence-electron chi connectivity index (χ2n) is 5.44. The summed E-state index contributed by atoms with van der Waals surface area (Å²) in [5.74, 6) is 0.653. The van der Waals surface area contributed by atoms with Crippen molar-refractivity contribution in [3.63, 3.8) is 0 Å². The Balaban J connectivity index is 1.80. The van der Waals surface area contributed by atoms with E-state index in [1.165, 1.54) is 20.2 Å². The molecule has 0 radical (unpaired) electrons. The highest BCUT2D eigenvalue weighted by Crippen LogP contribution is 2.38. The Labute approximate surface area is 140 Å². The van der Waals surface area contributed by atoms with E-state index in [9.17, 15) is 0 Å². The fourth-order valence-corrected chi connectivity index (χ4v) is 4.14. The lowest BCUT2D eigenvalue weighted by atomic mass is 10.1. The zero-order valence-electron chi connectivity index (χ0n) is 11.9. The van der Waals surface area contributed by atoms with Gasteiger partial charge < -0.3 is 4.42 Å². The molecule has 0 spiro atoms. The summed E-state index contributed by atoms with van der Waals surface area (Å²) in [5.41, 5.74) is 2.67. The minimum Gasteiger partial charge on any atom is -0.436 e. The first-order valence-corrected chi connectivity index (χ1v) is 8.45. The lowest BCUT2D eigenvalue weighted by Crippen LogP contribution is -1.74. The monoisotopic (exact) mass is 335 g/mol. The topological polar surface area (TPSA) is 26.0 Å². The quantitative estimate of drug-likeness (QED) is 0.348. The molecule has 5 rings (SSSR count). The van der Waals surface area contributed by atoms with Gasteiger partial charge in [-0.1, -0.05) is 29.8 Å². The third kappa shape index (κ3) is 2.05. The molecule has 0 aliphatic rings. The van der Waals surface area contributed by atoms with Gasteiger partial charge in [-0.15, -0.1) is 11.3 Å². The van der Waals surface area contributed by atoms with Crippen LogP contribution in [0.25, 0.3) is 42.7 Å². The van der Waals surface area contributed by atoms with Gasteiger partial charge in [0.05, 0.1) is 0 Å². The first kappa shape index (κ1) is 13.1. The summed E-state index contributed by atoms with van der Waals surface area (Å²) >= 11 is 7.89. The number of hydrogen-bond acceptors (Lipinski definition) is 3. The maximum Gasteiger partial charge on any atom is 0.227 e. The largest absolute Gasteiger partial charge is 0.436 e. The standard InChI is InChI=1S/C19H10ClNOS/c20-12-6-7-17-13(8-12)14-9-15-16(10-18(14)23-17)22-19(21-15)11-4-2-1-3-5-11/h1-10H. The lowest BCUT2D eigenvalue weighted by Gasteiger charge is -1.92. The molecule has 0 amide bonds. The normalized spacial score (nSPS) is 11.7. The molecule has 0 bridgehead atoms. The van der Waals surface area contributed by atoms with Gasteiger partial charge in [-0.05, 0) is 36.4 Å². The van der Waals surface area contributed by atoms with E-state index in [0.717, 1.165) is 21.7 Å². The molecule has 5 aromatic rings. The van der Waals surface area contributed by atoms with Crippen molar-refractivity contribution in [2.75, 3.05) is 0 Å². The van der Waals surface area contributed by atoms with E-state index in [2.05, 4.69) is 23.2 Å². The van der Waals surface area contributed by atoms with Gasteiger partial charge >= 0.3 is 0 Å². The van der Waals surface area contributed by atoms with E-state index in [-0.39, 0.29) is 0 Å². The summed E-state index contributed by atoms with van der Waals surface area (Å²) < 4.78 is 8.36. The van der Waals surface area contributed by atoms with Crippen molar-refractivity contribution in [3.05, 3.63) is 65.7 Å². The fraction of sp³-hybridized carbons (Fsp3) is 0. The van der Waals surface area contributed by atoms with Crippen LogP contribution in [0.4, 0.5) is 0 Å². The van der Waals surface area contributed by atoms with Crippen molar-refractivity contribution < 1.29 is 4.42 Å². The number of thiophene rings is 1. The summed E-state index contributed by atoms with van der Waals surface area (Å²) in [5, 5.41) is 3.10. The van der Waals surface area contributed by atoms with Gasteiger partial charge in [0.2, 0.25) is 5.89 Å². The van der Waals surface area contributed by atoms with E-state index in [1.54, 1.807) is 11.3 Å². The smallest absolute Gasteiger partial charge is 0.227 e. The van der Waals surface area contributed by atoms with Crippen molar-refractivity contribution >= 4 is 54.2 Å². The molecule has 0 aliphatic carbocycles. The van der Waals surface area contributed by atoms with Crippen LogP contribution < -0.4 is 0 Å². The van der Waals surface area contributed by atoms with Gasteiger partial charge in [-0.25, -0.2) is 4.98 Å². The van der Waals surface area contributed by atoms with Gasteiger partial charge in [-0.2, -0.15) is 0 Å². The van der Waals surface area contributed by atoms with Crippen LogP contribution in [0.2, 0.25) is 5.02 Å². The molecule has 0 N–H and O–H groups in total.